The lowest BCUT2D eigenvalue weighted by molar-refractivity contribution is 0.0891. The van der Waals surface area contributed by atoms with Crippen LogP contribution >= 0.6 is 11.8 Å². The molecule has 0 aromatic rings. The molecule has 1 aliphatic rings. The zero-order valence-electron chi connectivity index (χ0n) is 10.6. The van der Waals surface area contributed by atoms with E-state index < -0.39 is 0 Å². The summed E-state index contributed by atoms with van der Waals surface area (Å²) in [5.74, 6) is 1.21. The topological polar surface area (TPSA) is 29.3 Å². The predicted molar refractivity (Wildman–Crippen MR) is 70.5 cm³/mol. The Bertz CT molecular complexity index is 194. The largest absolute Gasteiger partial charge is 0.329 e. The van der Waals surface area contributed by atoms with Crippen LogP contribution in [0, 0.1) is 0 Å². The number of nitrogens with two attached hydrogens (primary N) is 1. The average Bonchev–Trinajstić information content (AvgIpc) is 2.63. The molecule has 0 spiro atoms. The van der Waals surface area contributed by atoms with Crippen molar-refractivity contribution in [1.82, 2.24) is 4.90 Å². The summed E-state index contributed by atoms with van der Waals surface area (Å²) in [6, 6.07) is 0.694. The van der Waals surface area contributed by atoms with Crippen molar-refractivity contribution in [2.45, 2.75) is 56.9 Å². The lowest BCUT2D eigenvalue weighted by Crippen LogP contribution is -2.56. The van der Waals surface area contributed by atoms with Gasteiger partial charge in [-0.1, -0.05) is 20.8 Å². The summed E-state index contributed by atoms with van der Waals surface area (Å²) in [4.78, 5) is 2.56. The summed E-state index contributed by atoms with van der Waals surface area (Å²) in [6.07, 6.45) is 3.71. The van der Waals surface area contributed by atoms with Crippen LogP contribution in [0.3, 0.4) is 0 Å². The van der Waals surface area contributed by atoms with Gasteiger partial charge in [-0.15, -0.1) is 0 Å². The van der Waals surface area contributed by atoms with Gasteiger partial charge in [0.15, 0.2) is 0 Å². The molecule has 2 N–H and O–H groups in total. The minimum Gasteiger partial charge on any atom is -0.329 e. The number of thioether (sulfide) groups is 1. The van der Waals surface area contributed by atoms with Gasteiger partial charge in [-0.2, -0.15) is 11.8 Å². The molecule has 0 aromatic carbocycles. The molecule has 0 bridgehead atoms. The second-order valence-electron chi connectivity index (χ2n) is 4.84. The van der Waals surface area contributed by atoms with Crippen LogP contribution < -0.4 is 5.73 Å². The first kappa shape index (κ1) is 13.3. The van der Waals surface area contributed by atoms with E-state index in [2.05, 4.69) is 44.5 Å². The van der Waals surface area contributed by atoms with E-state index in [-0.39, 0.29) is 5.54 Å². The Morgan fingerprint density at radius 2 is 2.07 bits per heavy atom. The van der Waals surface area contributed by atoms with Crippen molar-refractivity contribution >= 4 is 11.8 Å². The minimum atomic E-state index is 0.265. The molecule has 1 rings (SSSR count). The molecule has 0 saturated carbocycles. The maximum Gasteiger partial charge on any atom is 0.0432 e. The third-order valence-corrected chi connectivity index (χ3v) is 5.36. The highest BCUT2D eigenvalue weighted by atomic mass is 32.2. The van der Waals surface area contributed by atoms with Crippen LogP contribution in [0.2, 0.25) is 0 Å². The van der Waals surface area contributed by atoms with E-state index in [0.29, 0.717) is 6.04 Å². The highest BCUT2D eigenvalue weighted by Crippen LogP contribution is 2.38. The molecular weight excluding hydrogens is 204 g/mol. The fourth-order valence-electron chi connectivity index (χ4n) is 2.71. The molecule has 1 fully saturated rings. The van der Waals surface area contributed by atoms with Gasteiger partial charge in [-0.3, -0.25) is 4.90 Å². The van der Waals surface area contributed by atoms with Crippen molar-refractivity contribution in [2.24, 2.45) is 5.73 Å². The summed E-state index contributed by atoms with van der Waals surface area (Å²) < 4.78 is 0. The molecular formula is C12H26N2S. The van der Waals surface area contributed by atoms with Gasteiger partial charge in [0.25, 0.3) is 0 Å². The Morgan fingerprint density at radius 1 is 1.47 bits per heavy atom. The van der Waals surface area contributed by atoms with Crippen molar-refractivity contribution in [1.29, 1.82) is 0 Å². The normalized spacial score (nSPS) is 31.8. The maximum atomic E-state index is 6.02. The number of nitrogens with zero attached hydrogens (tertiary/aromatic N) is 1. The number of hydrogen-bond acceptors (Lipinski definition) is 3. The fourth-order valence-corrected chi connectivity index (χ4v) is 4.17. The smallest absolute Gasteiger partial charge is 0.0432 e. The summed E-state index contributed by atoms with van der Waals surface area (Å²) in [5.41, 5.74) is 6.29. The standard InChI is InChI=1S/C12H26N2S/c1-5-11(6-2)14(4)12(8-13)7-10(3)15-9-12/h10-11H,5-9,13H2,1-4H3. The van der Waals surface area contributed by atoms with Gasteiger partial charge in [0.2, 0.25) is 0 Å². The third kappa shape index (κ3) is 2.69. The van der Waals surface area contributed by atoms with E-state index in [1.54, 1.807) is 0 Å². The average molecular weight is 230 g/mol. The first-order valence-electron chi connectivity index (χ1n) is 6.14. The molecule has 1 saturated heterocycles. The molecule has 1 heterocycles. The molecule has 0 aromatic heterocycles. The Kier molecular flexibility index (Phi) is 4.94. The van der Waals surface area contributed by atoms with Crippen LogP contribution in [0.15, 0.2) is 0 Å². The lowest BCUT2D eigenvalue weighted by Gasteiger charge is -2.42. The monoisotopic (exact) mass is 230 g/mol. The molecule has 0 amide bonds. The Morgan fingerprint density at radius 3 is 2.40 bits per heavy atom. The van der Waals surface area contributed by atoms with Gasteiger partial charge in [-0.25, -0.2) is 0 Å². The SMILES string of the molecule is CCC(CC)N(C)C1(CN)CSC(C)C1. The summed E-state index contributed by atoms with van der Waals surface area (Å²) in [6.45, 7) is 7.68. The Hall–Kier alpha value is 0.270. The van der Waals surface area contributed by atoms with Crippen LogP contribution in [0.1, 0.15) is 40.0 Å². The molecule has 15 heavy (non-hydrogen) atoms. The molecule has 3 heteroatoms. The molecule has 90 valence electrons. The van der Waals surface area contributed by atoms with Crippen molar-refractivity contribution in [3.8, 4) is 0 Å². The summed E-state index contributed by atoms with van der Waals surface area (Å²) in [5, 5.41) is 0.769. The first-order chi connectivity index (χ1) is 7.09. The van der Waals surface area contributed by atoms with Crippen molar-refractivity contribution in [3.05, 3.63) is 0 Å². The van der Waals surface area contributed by atoms with Crippen molar-refractivity contribution in [2.75, 3.05) is 19.3 Å². The van der Waals surface area contributed by atoms with Crippen LogP contribution in [-0.2, 0) is 0 Å². The quantitative estimate of drug-likeness (QED) is 0.786. The van der Waals surface area contributed by atoms with E-state index >= 15 is 0 Å². The molecule has 0 radical (unpaired) electrons. The zero-order valence-corrected chi connectivity index (χ0v) is 11.4. The highest BCUT2D eigenvalue weighted by molar-refractivity contribution is 8.00. The molecule has 2 atom stereocenters. The van der Waals surface area contributed by atoms with E-state index in [0.717, 1.165) is 11.8 Å². The second kappa shape index (κ2) is 5.55. The highest BCUT2D eigenvalue weighted by Gasteiger charge is 2.41. The molecule has 1 aliphatic heterocycles. The van der Waals surface area contributed by atoms with Crippen LogP contribution in [0.5, 0.6) is 0 Å². The van der Waals surface area contributed by atoms with E-state index in [4.69, 9.17) is 5.73 Å². The van der Waals surface area contributed by atoms with Crippen molar-refractivity contribution < 1.29 is 0 Å². The fraction of sp³-hybridized carbons (Fsp3) is 1.00. The molecule has 2 nitrogen and oxygen atoms in total. The first-order valence-corrected chi connectivity index (χ1v) is 7.19. The van der Waals surface area contributed by atoms with Gasteiger partial charge < -0.3 is 5.73 Å². The third-order valence-electron chi connectivity index (χ3n) is 3.92. The Labute approximate surface area is 99.0 Å². The maximum absolute atomic E-state index is 6.02. The van der Waals surface area contributed by atoms with Crippen LogP contribution in [0.25, 0.3) is 0 Å². The minimum absolute atomic E-state index is 0.265. The summed E-state index contributed by atoms with van der Waals surface area (Å²) >= 11 is 2.07. The van der Waals surface area contributed by atoms with Crippen LogP contribution in [0.4, 0.5) is 0 Å². The number of hydrogen-bond donors (Lipinski definition) is 1. The molecule has 0 aliphatic carbocycles. The van der Waals surface area contributed by atoms with Gasteiger partial charge in [0.1, 0.15) is 0 Å². The molecule has 2 unspecified atom stereocenters. The van der Waals surface area contributed by atoms with E-state index in [1.165, 1.54) is 25.0 Å². The number of rotatable bonds is 5. The lowest BCUT2D eigenvalue weighted by atomic mass is 9.91. The Balaban J connectivity index is 2.72. The van der Waals surface area contributed by atoms with E-state index in [1.807, 2.05) is 0 Å². The van der Waals surface area contributed by atoms with Crippen molar-refractivity contribution in [3.63, 3.8) is 0 Å². The second-order valence-corrected chi connectivity index (χ2v) is 6.26. The number of likely N-dealkylation sites (N-methyl/N-ethyl adjacent to an activating group) is 1. The van der Waals surface area contributed by atoms with Gasteiger partial charge in [0.05, 0.1) is 0 Å². The van der Waals surface area contributed by atoms with Gasteiger partial charge in [0, 0.05) is 29.1 Å². The summed E-state index contributed by atoms with van der Waals surface area (Å²) in [7, 11) is 2.27. The van der Waals surface area contributed by atoms with Crippen LogP contribution in [-0.4, -0.2) is 41.1 Å². The van der Waals surface area contributed by atoms with Gasteiger partial charge >= 0.3 is 0 Å². The predicted octanol–water partition coefficient (Wildman–Crippen LogP) is 2.33. The zero-order chi connectivity index (χ0) is 11.5. The van der Waals surface area contributed by atoms with E-state index in [9.17, 15) is 0 Å². The van der Waals surface area contributed by atoms with Gasteiger partial charge in [-0.05, 0) is 26.3 Å².